The average Bonchev–Trinajstić information content (AvgIpc) is 2.66. The number of nitrogens with zero attached hydrogens (tertiary/aromatic N) is 1. The van der Waals surface area contributed by atoms with Crippen LogP contribution in [0.2, 0.25) is 0 Å². The molecule has 0 spiro atoms. The second kappa shape index (κ2) is 6.66. The third kappa shape index (κ3) is 2.70. The Bertz CT molecular complexity index is 987. The molecule has 0 amide bonds. The van der Waals surface area contributed by atoms with E-state index < -0.39 is 0 Å². The molecule has 2 aliphatic rings. The Morgan fingerprint density at radius 2 is 1.85 bits per heavy atom. The molecule has 3 aromatic rings. The number of hydrogen-bond acceptors (Lipinski definition) is 2. The van der Waals surface area contributed by atoms with Crippen molar-refractivity contribution in [1.29, 1.82) is 0 Å². The van der Waals surface area contributed by atoms with Gasteiger partial charge in [0.2, 0.25) is 0 Å². The lowest BCUT2D eigenvalue weighted by molar-refractivity contribution is -0.0415. The van der Waals surface area contributed by atoms with Gasteiger partial charge >= 0.3 is 0 Å². The highest BCUT2D eigenvalue weighted by molar-refractivity contribution is 9.10. The molecule has 3 aromatic carbocycles. The van der Waals surface area contributed by atoms with Gasteiger partial charge in [0.15, 0.2) is 6.23 Å². The molecule has 1 saturated heterocycles. The van der Waals surface area contributed by atoms with E-state index >= 15 is 0 Å². The Balaban J connectivity index is 1.79. The summed E-state index contributed by atoms with van der Waals surface area (Å²) in [6.07, 6.45) is 3.73. The molecule has 2 nitrogen and oxygen atoms in total. The van der Waals surface area contributed by atoms with Crippen LogP contribution in [0.25, 0.3) is 10.8 Å². The first-order valence-corrected chi connectivity index (χ1v) is 10.7. The molecule has 2 atom stereocenters. The zero-order valence-electron chi connectivity index (χ0n) is 14.3. The number of fused-ring (bicyclic) bond motifs is 4. The van der Waals surface area contributed by atoms with Crippen LogP contribution in [0.3, 0.4) is 0 Å². The minimum atomic E-state index is 0.168. The van der Waals surface area contributed by atoms with E-state index in [0.717, 1.165) is 27.7 Å². The van der Waals surface area contributed by atoms with Crippen LogP contribution in [-0.2, 0) is 0 Å². The van der Waals surface area contributed by atoms with E-state index in [0.29, 0.717) is 0 Å². The summed E-state index contributed by atoms with van der Waals surface area (Å²) in [7, 11) is 0. The van der Waals surface area contributed by atoms with Gasteiger partial charge in [-0.3, -0.25) is 4.90 Å². The van der Waals surface area contributed by atoms with E-state index in [-0.39, 0.29) is 12.3 Å². The summed E-state index contributed by atoms with van der Waals surface area (Å²) < 4.78 is 8.73. The molecule has 2 aliphatic heterocycles. The van der Waals surface area contributed by atoms with Crippen molar-refractivity contribution >= 4 is 42.6 Å². The Morgan fingerprint density at radius 3 is 2.73 bits per heavy atom. The Morgan fingerprint density at radius 1 is 0.962 bits per heavy atom. The zero-order valence-corrected chi connectivity index (χ0v) is 17.5. The maximum Gasteiger partial charge on any atom is 0.153 e. The number of halogens is 2. The van der Waals surface area contributed by atoms with E-state index in [2.05, 4.69) is 91.4 Å². The molecule has 2 heterocycles. The topological polar surface area (TPSA) is 12.5 Å². The lowest BCUT2D eigenvalue weighted by atomic mass is 9.88. The van der Waals surface area contributed by atoms with Gasteiger partial charge in [0.05, 0.1) is 6.04 Å². The van der Waals surface area contributed by atoms with Crippen LogP contribution < -0.4 is 4.74 Å². The molecule has 0 saturated carbocycles. The molecular weight excluding hydrogens is 454 g/mol. The monoisotopic (exact) mass is 471 g/mol. The first-order chi connectivity index (χ1) is 12.7. The zero-order chi connectivity index (χ0) is 17.7. The quantitative estimate of drug-likeness (QED) is 0.392. The minimum Gasteiger partial charge on any atom is -0.475 e. The first kappa shape index (κ1) is 16.8. The van der Waals surface area contributed by atoms with Gasteiger partial charge in [-0.25, -0.2) is 0 Å². The standard InChI is InChI=1S/C22H19Br2NO/c23-15-9-10-16-14(13-15)8-11-19-21(16)22(17-5-1-2-6-18(17)24)25-12-4-3-7-20(25)26-19/h1-2,5-6,8-11,13,20,22H,3-4,7,12H2. The van der Waals surface area contributed by atoms with E-state index in [1.54, 1.807) is 0 Å². The van der Waals surface area contributed by atoms with E-state index in [1.165, 1.54) is 34.7 Å². The number of piperidine rings is 1. The van der Waals surface area contributed by atoms with Gasteiger partial charge < -0.3 is 4.74 Å². The van der Waals surface area contributed by atoms with Crippen molar-refractivity contribution in [3.8, 4) is 5.75 Å². The molecule has 0 radical (unpaired) electrons. The maximum atomic E-state index is 6.46. The molecule has 1 fully saturated rings. The predicted molar refractivity (Wildman–Crippen MR) is 113 cm³/mol. The number of benzene rings is 3. The third-order valence-corrected chi connectivity index (χ3v) is 6.75. The summed E-state index contributed by atoms with van der Waals surface area (Å²) in [5.74, 6) is 1.03. The van der Waals surface area contributed by atoms with Crippen molar-refractivity contribution in [3.63, 3.8) is 0 Å². The highest BCUT2D eigenvalue weighted by Gasteiger charge is 2.39. The number of rotatable bonds is 1. The second-order valence-corrected chi connectivity index (χ2v) is 8.84. The second-order valence-electron chi connectivity index (χ2n) is 7.07. The highest BCUT2D eigenvalue weighted by Crippen LogP contribution is 2.48. The number of hydrogen-bond donors (Lipinski definition) is 0. The molecule has 0 bridgehead atoms. The van der Waals surface area contributed by atoms with Crippen molar-refractivity contribution < 1.29 is 4.74 Å². The summed E-state index contributed by atoms with van der Waals surface area (Å²) in [4.78, 5) is 2.55. The van der Waals surface area contributed by atoms with E-state index in [1.807, 2.05) is 0 Å². The molecular formula is C22H19Br2NO. The summed E-state index contributed by atoms with van der Waals surface area (Å²) in [5, 5.41) is 2.52. The molecule has 0 N–H and O–H groups in total. The Hall–Kier alpha value is -1.36. The normalized spacial score (nSPS) is 22.5. The smallest absolute Gasteiger partial charge is 0.153 e. The van der Waals surface area contributed by atoms with Crippen molar-refractivity contribution in [1.82, 2.24) is 4.90 Å². The summed E-state index contributed by atoms with van der Waals surface area (Å²) in [6, 6.07) is 19.7. The van der Waals surface area contributed by atoms with Crippen molar-refractivity contribution in [2.45, 2.75) is 31.5 Å². The van der Waals surface area contributed by atoms with Crippen LogP contribution in [0.4, 0.5) is 0 Å². The average molecular weight is 473 g/mol. The third-order valence-electron chi connectivity index (χ3n) is 5.54. The maximum absolute atomic E-state index is 6.46. The highest BCUT2D eigenvalue weighted by atomic mass is 79.9. The van der Waals surface area contributed by atoms with Crippen LogP contribution in [-0.4, -0.2) is 17.7 Å². The SMILES string of the molecule is Brc1ccc2c3c(ccc2c1)OC1CCCCN1C3c1ccccc1Br. The lowest BCUT2D eigenvalue weighted by Gasteiger charge is -2.46. The van der Waals surface area contributed by atoms with E-state index in [9.17, 15) is 0 Å². The molecule has 26 heavy (non-hydrogen) atoms. The molecule has 0 aliphatic carbocycles. The van der Waals surface area contributed by atoms with Crippen LogP contribution in [0.1, 0.15) is 36.4 Å². The van der Waals surface area contributed by atoms with Crippen LogP contribution in [0.5, 0.6) is 5.75 Å². The molecule has 0 aromatic heterocycles. The number of ether oxygens (including phenoxy) is 1. The fourth-order valence-electron chi connectivity index (χ4n) is 4.38. The fraction of sp³-hybridized carbons (Fsp3) is 0.273. The van der Waals surface area contributed by atoms with Crippen molar-refractivity contribution in [2.75, 3.05) is 6.54 Å². The predicted octanol–water partition coefficient (Wildman–Crippen LogP) is 6.66. The summed E-state index contributed by atoms with van der Waals surface area (Å²) in [5.41, 5.74) is 2.61. The van der Waals surface area contributed by atoms with Crippen LogP contribution >= 0.6 is 31.9 Å². The summed E-state index contributed by atoms with van der Waals surface area (Å²) in [6.45, 7) is 1.07. The summed E-state index contributed by atoms with van der Waals surface area (Å²) >= 11 is 7.41. The Kier molecular flexibility index (Phi) is 4.30. The van der Waals surface area contributed by atoms with E-state index in [4.69, 9.17) is 4.74 Å². The Labute approximate surface area is 170 Å². The van der Waals surface area contributed by atoms with Gasteiger partial charge in [-0.15, -0.1) is 0 Å². The van der Waals surface area contributed by atoms with Crippen LogP contribution in [0, 0.1) is 0 Å². The lowest BCUT2D eigenvalue weighted by Crippen LogP contribution is -2.48. The molecule has 132 valence electrons. The van der Waals surface area contributed by atoms with Gasteiger partial charge in [-0.2, -0.15) is 0 Å². The van der Waals surface area contributed by atoms with Gasteiger partial charge in [-0.05, 0) is 59.9 Å². The fourth-order valence-corrected chi connectivity index (χ4v) is 5.26. The van der Waals surface area contributed by atoms with Gasteiger partial charge in [0.1, 0.15) is 5.75 Å². The van der Waals surface area contributed by atoms with Gasteiger partial charge in [0, 0.05) is 21.1 Å². The van der Waals surface area contributed by atoms with Gasteiger partial charge in [-0.1, -0.05) is 62.2 Å². The molecule has 4 heteroatoms. The molecule has 5 rings (SSSR count). The van der Waals surface area contributed by atoms with Crippen LogP contribution in [0.15, 0.2) is 63.5 Å². The van der Waals surface area contributed by atoms with Gasteiger partial charge in [0.25, 0.3) is 0 Å². The minimum absolute atomic E-state index is 0.168. The van der Waals surface area contributed by atoms with Crippen molar-refractivity contribution in [2.24, 2.45) is 0 Å². The van der Waals surface area contributed by atoms with Crippen molar-refractivity contribution in [3.05, 3.63) is 74.7 Å². The molecule has 2 unspecified atom stereocenters. The largest absolute Gasteiger partial charge is 0.475 e. The first-order valence-electron chi connectivity index (χ1n) is 9.11.